The van der Waals surface area contributed by atoms with Gasteiger partial charge < -0.3 is 10.6 Å². The van der Waals surface area contributed by atoms with E-state index in [4.69, 9.17) is 6.42 Å². The number of quaternary nitrogens is 1. The maximum atomic E-state index is 11.7. The van der Waals surface area contributed by atoms with Gasteiger partial charge in [-0.3, -0.25) is 4.79 Å². The molecule has 1 aromatic rings. The van der Waals surface area contributed by atoms with E-state index < -0.39 is 0 Å². The van der Waals surface area contributed by atoms with Crippen molar-refractivity contribution in [1.29, 1.82) is 0 Å². The third-order valence-corrected chi connectivity index (χ3v) is 3.82. The summed E-state index contributed by atoms with van der Waals surface area (Å²) in [4.78, 5) is 11.7. The summed E-state index contributed by atoms with van der Waals surface area (Å²) < 4.78 is 0. The minimum Gasteiger partial charge on any atom is -0.340 e. The van der Waals surface area contributed by atoms with Crippen molar-refractivity contribution in [2.45, 2.75) is 46.1 Å². The standard InChI is InChI=1S/C19H28N2O/c1-7-12-20-17(22)13-21-18(14(2)3)15-8-10-16(11-9-15)19(4,5)6/h1,8-11,14,18,21H,12-13H2,2-6H3,(H,20,22)/p+1/t18-/m0/s1. The van der Waals surface area contributed by atoms with Crippen LogP contribution < -0.4 is 10.6 Å². The van der Waals surface area contributed by atoms with Crippen molar-refractivity contribution in [2.75, 3.05) is 13.1 Å². The molecule has 0 radical (unpaired) electrons. The number of benzene rings is 1. The molecule has 0 unspecified atom stereocenters. The Morgan fingerprint density at radius 2 is 1.86 bits per heavy atom. The van der Waals surface area contributed by atoms with Crippen molar-refractivity contribution < 1.29 is 10.1 Å². The molecule has 1 aromatic carbocycles. The molecule has 0 heterocycles. The Labute approximate surface area is 134 Å². The van der Waals surface area contributed by atoms with E-state index in [0.29, 0.717) is 19.0 Å². The van der Waals surface area contributed by atoms with Gasteiger partial charge in [0, 0.05) is 11.5 Å². The van der Waals surface area contributed by atoms with Gasteiger partial charge in [-0.15, -0.1) is 6.42 Å². The second-order valence-corrected chi connectivity index (χ2v) is 7.06. The fraction of sp³-hybridized carbons (Fsp3) is 0.526. The average Bonchev–Trinajstić information content (AvgIpc) is 2.44. The summed E-state index contributed by atoms with van der Waals surface area (Å²) in [5.74, 6) is 2.84. The van der Waals surface area contributed by atoms with E-state index >= 15 is 0 Å². The van der Waals surface area contributed by atoms with E-state index in [1.54, 1.807) is 0 Å². The summed E-state index contributed by atoms with van der Waals surface area (Å²) in [5, 5.41) is 4.79. The molecular weight excluding hydrogens is 272 g/mol. The van der Waals surface area contributed by atoms with Gasteiger partial charge in [-0.1, -0.05) is 64.8 Å². The molecule has 120 valence electrons. The summed E-state index contributed by atoms with van der Waals surface area (Å²) >= 11 is 0. The predicted molar refractivity (Wildman–Crippen MR) is 91.4 cm³/mol. The smallest absolute Gasteiger partial charge is 0.275 e. The molecule has 3 heteroatoms. The predicted octanol–water partition coefficient (Wildman–Crippen LogP) is 1.99. The number of terminal acetylenes is 1. The first kappa shape index (κ1) is 18.3. The summed E-state index contributed by atoms with van der Waals surface area (Å²) in [6.07, 6.45) is 5.15. The van der Waals surface area contributed by atoms with Gasteiger partial charge in [-0.2, -0.15) is 0 Å². The Morgan fingerprint density at radius 3 is 2.32 bits per heavy atom. The minimum atomic E-state index is -0.0186. The number of nitrogens with two attached hydrogens (primary N) is 1. The zero-order valence-electron chi connectivity index (χ0n) is 14.4. The number of rotatable bonds is 6. The van der Waals surface area contributed by atoms with Crippen LogP contribution >= 0.6 is 0 Å². The first-order valence-corrected chi connectivity index (χ1v) is 7.89. The number of carbonyl (C=O) groups is 1. The van der Waals surface area contributed by atoms with E-state index in [0.717, 1.165) is 0 Å². The van der Waals surface area contributed by atoms with Crippen molar-refractivity contribution in [3.05, 3.63) is 35.4 Å². The Hall–Kier alpha value is -1.79. The SMILES string of the molecule is C#CCNC(=O)C[NH2+][C@H](c1ccc(C(C)(C)C)cc1)C(C)C. The molecule has 22 heavy (non-hydrogen) atoms. The second kappa shape index (κ2) is 8.00. The van der Waals surface area contributed by atoms with Gasteiger partial charge >= 0.3 is 0 Å². The fourth-order valence-corrected chi connectivity index (χ4v) is 2.45. The first-order chi connectivity index (χ1) is 10.3. The van der Waals surface area contributed by atoms with Crippen LogP contribution in [0, 0.1) is 18.3 Å². The maximum Gasteiger partial charge on any atom is 0.275 e. The van der Waals surface area contributed by atoms with Crippen LogP contribution in [0.1, 0.15) is 51.8 Å². The monoisotopic (exact) mass is 301 g/mol. The normalized spacial score (nSPS) is 12.8. The topological polar surface area (TPSA) is 45.7 Å². The summed E-state index contributed by atoms with van der Waals surface area (Å²) in [5.41, 5.74) is 2.74. The molecule has 3 N–H and O–H groups in total. The molecule has 0 saturated heterocycles. The maximum absolute atomic E-state index is 11.7. The van der Waals surface area contributed by atoms with Crippen LogP contribution in [0.4, 0.5) is 0 Å². The van der Waals surface area contributed by atoms with Crippen LogP contribution in [-0.4, -0.2) is 19.0 Å². The Kier molecular flexibility index (Phi) is 6.64. The lowest BCUT2D eigenvalue weighted by Gasteiger charge is -2.22. The molecule has 0 saturated carbocycles. The minimum absolute atomic E-state index is 0.0186. The summed E-state index contributed by atoms with van der Waals surface area (Å²) in [6, 6.07) is 9.02. The van der Waals surface area contributed by atoms with Crippen LogP contribution in [0.15, 0.2) is 24.3 Å². The highest BCUT2D eigenvalue weighted by molar-refractivity contribution is 5.76. The molecular formula is C19H29N2O+. The third kappa shape index (κ3) is 5.54. The highest BCUT2D eigenvalue weighted by Gasteiger charge is 2.21. The molecule has 3 nitrogen and oxygen atoms in total. The number of hydrogen-bond donors (Lipinski definition) is 2. The third-order valence-electron chi connectivity index (χ3n) is 3.82. The van der Waals surface area contributed by atoms with Gasteiger partial charge in [0.25, 0.3) is 5.91 Å². The van der Waals surface area contributed by atoms with Crippen LogP contribution in [0.2, 0.25) is 0 Å². The highest BCUT2D eigenvalue weighted by Crippen LogP contribution is 2.25. The zero-order chi connectivity index (χ0) is 16.8. The molecule has 0 fully saturated rings. The molecule has 0 aliphatic carbocycles. The second-order valence-electron chi connectivity index (χ2n) is 7.06. The molecule has 0 aliphatic heterocycles. The Balaban J connectivity index is 2.75. The first-order valence-electron chi connectivity index (χ1n) is 7.89. The molecule has 1 atom stereocenters. The molecule has 1 rings (SSSR count). The van der Waals surface area contributed by atoms with Gasteiger partial charge in [0.2, 0.25) is 0 Å². The van der Waals surface area contributed by atoms with Crippen LogP contribution in [0.25, 0.3) is 0 Å². The van der Waals surface area contributed by atoms with Crippen molar-refractivity contribution in [3.8, 4) is 12.3 Å². The van der Waals surface area contributed by atoms with E-state index in [1.165, 1.54) is 11.1 Å². The zero-order valence-corrected chi connectivity index (χ0v) is 14.4. The van der Waals surface area contributed by atoms with E-state index in [-0.39, 0.29) is 17.4 Å². The van der Waals surface area contributed by atoms with Crippen molar-refractivity contribution in [3.63, 3.8) is 0 Å². The van der Waals surface area contributed by atoms with Crippen molar-refractivity contribution in [1.82, 2.24) is 5.32 Å². The van der Waals surface area contributed by atoms with E-state index in [2.05, 4.69) is 75.4 Å². The summed E-state index contributed by atoms with van der Waals surface area (Å²) in [6.45, 7) is 11.7. The average molecular weight is 301 g/mol. The number of amides is 1. The fourth-order valence-electron chi connectivity index (χ4n) is 2.45. The Bertz CT molecular complexity index is 518. The van der Waals surface area contributed by atoms with Crippen LogP contribution in [-0.2, 0) is 10.2 Å². The lowest BCUT2D eigenvalue weighted by Crippen LogP contribution is -2.88. The molecule has 1 amide bonds. The largest absolute Gasteiger partial charge is 0.340 e. The molecule has 0 aromatic heterocycles. The van der Waals surface area contributed by atoms with Gasteiger partial charge in [0.1, 0.15) is 6.04 Å². The highest BCUT2D eigenvalue weighted by atomic mass is 16.1. The molecule has 0 spiro atoms. The van der Waals surface area contributed by atoms with Crippen LogP contribution in [0.5, 0.6) is 0 Å². The molecule has 0 bridgehead atoms. The lowest BCUT2D eigenvalue weighted by atomic mass is 9.85. The summed E-state index contributed by atoms with van der Waals surface area (Å²) in [7, 11) is 0. The van der Waals surface area contributed by atoms with E-state index in [1.807, 2.05) is 0 Å². The lowest BCUT2D eigenvalue weighted by molar-refractivity contribution is -0.692. The molecule has 0 aliphatic rings. The van der Waals surface area contributed by atoms with Gasteiger partial charge in [0.05, 0.1) is 6.54 Å². The Morgan fingerprint density at radius 1 is 1.27 bits per heavy atom. The van der Waals surface area contributed by atoms with Crippen molar-refractivity contribution >= 4 is 5.91 Å². The van der Waals surface area contributed by atoms with Crippen molar-refractivity contribution in [2.24, 2.45) is 5.92 Å². The number of nitrogens with one attached hydrogen (secondary N) is 1. The van der Waals surface area contributed by atoms with E-state index in [9.17, 15) is 4.79 Å². The van der Waals surface area contributed by atoms with Crippen LogP contribution in [0.3, 0.4) is 0 Å². The van der Waals surface area contributed by atoms with Gasteiger partial charge in [-0.05, 0) is 11.0 Å². The quantitative estimate of drug-likeness (QED) is 0.776. The number of hydrogen-bond acceptors (Lipinski definition) is 1. The van der Waals surface area contributed by atoms with Gasteiger partial charge in [-0.25, -0.2) is 0 Å². The number of carbonyl (C=O) groups excluding carboxylic acids is 1. The van der Waals surface area contributed by atoms with Gasteiger partial charge in [0.15, 0.2) is 6.54 Å².